The third kappa shape index (κ3) is 6.49. The van der Waals surface area contributed by atoms with E-state index in [0.29, 0.717) is 34.2 Å². The number of aryl methyl sites for hydroxylation is 4. The summed E-state index contributed by atoms with van der Waals surface area (Å²) in [6, 6.07) is 47.8. The Bertz CT molecular complexity index is 3650. The molecule has 8 nitrogen and oxygen atoms in total. The van der Waals surface area contributed by atoms with Crippen LogP contribution in [-0.2, 0) is 0 Å². The highest BCUT2D eigenvalue weighted by Gasteiger charge is 2.17. The minimum absolute atomic E-state index is 0.105. The van der Waals surface area contributed by atoms with Gasteiger partial charge in [0.15, 0.2) is 0 Å². The summed E-state index contributed by atoms with van der Waals surface area (Å²) in [7, 11) is 0. The van der Waals surface area contributed by atoms with E-state index in [1.165, 1.54) is 0 Å². The molecule has 0 saturated carbocycles. The maximum Gasteiger partial charge on any atom is 0.137 e. The molecule has 0 bridgehead atoms. The van der Waals surface area contributed by atoms with Crippen LogP contribution in [0.25, 0.3) is 77.8 Å². The number of fused-ring (bicyclic) bond motifs is 6. The van der Waals surface area contributed by atoms with E-state index >= 15 is 0 Å². The van der Waals surface area contributed by atoms with Crippen LogP contribution in [-0.4, -0.2) is 29.1 Å². The third-order valence-electron chi connectivity index (χ3n) is 11.4. The lowest BCUT2D eigenvalue weighted by Gasteiger charge is -2.14. The zero-order chi connectivity index (χ0) is 44.4. The second-order valence-electron chi connectivity index (χ2n) is 15.6. The molecule has 5 heterocycles. The number of pyridine rings is 2. The second-order valence-corrected chi connectivity index (χ2v) is 15.6. The van der Waals surface area contributed by atoms with Crippen molar-refractivity contribution in [1.82, 2.24) is 29.1 Å². The Morgan fingerprint density at radius 3 is 1.61 bits per heavy atom. The van der Waals surface area contributed by atoms with Crippen molar-refractivity contribution >= 4 is 43.6 Å². The van der Waals surface area contributed by atoms with Crippen molar-refractivity contribution in [2.24, 2.45) is 0 Å². The Hall–Kier alpha value is -8.10. The Kier molecular flexibility index (Phi) is 8.08. The highest BCUT2D eigenvalue weighted by Crippen LogP contribution is 2.39. The first-order valence-electron chi connectivity index (χ1n) is 21.9. The van der Waals surface area contributed by atoms with E-state index in [0.717, 1.165) is 77.5 Å². The fraction of sp³-hybridized carbons (Fsp3) is 0.0741. The summed E-state index contributed by atoms with van der Waals surface area (Å²) in [5, 5.41) is 4.36. The standard InChI is InChI=1S/C54H40N6O2/c1-33-20-22-55-53(24-33)59-48-14-7-5-12-41(48)43-18-16-39(28-50(43)59)61-38-11-9-10-37(27-38)46-31-58-47(32-57-46)45-30-52(36(4)26-35(45)3)62-40-17-19-44-42-13-6-8-15-49(42)60(51(44)29-40)54-25-34(2)21-23-56-54/h5-32H,1-4H3/i4D3. The molecule has 6 aromatic carbocycles. The molecule has 5 aromatic heterocycles. The molecule has 11 aromatic rings. The van der Waals surface area contributed by atoms with E-state index in [-0.39, 0.29) is 11.3 Å². The van der Waals surface area contributed by atoms with Gasteiger partial charge in [-0.25, -0.2) is 9.97 Å². The zero-order valence-corrected chi connectivity index (χ0v) is 34.2. The van der Waals surface area contributed by atoms with Gasteiger partial charge in [0.2, 0.25) is 0 Å². The number of ether oxygens (including phenoxy) is 2. The van der Waals surface area contributed by atoms with Gasteiger partial charge in [-0.15, -0.1) is 0 Å². The largest absolute Gasteiger partial charge is 0.457 e. The number of hydrogen-bond donors (Lipinski definition) is 0. The van der Waals surface area contributed by atoms with E-state index in [9.17, 15) is 0 Å². The van der Waals surface area contributed by atoms with Gasteiger partial charge in [0.25, 0.3) is 0 Å². The van der Waals surface area contributed by atoms with Gasteiger partial charge in [0.05, 0.1) is 45.8 Å². The summed E-state index contributed by atoms with van der Waals surface area (Å²) in [4.78, 5) is 19.1. The fourth-order valence-corrected chi connectivity index (χ4v) is 8.45. The normalized spacial score (nSPS) is 12.5. The molecule has 0 amide bonds. The van der Waals surface area contributed by atoms with Crippen LogP contribution < -0.4 is 9.47 Å². The SMILES string of the molecule is [2H]C([2H])([2H])c1cc(C)c(-c2cnc(-c3cccc(Oc4ccc5c6ccccc6n(-c6cc(C)ccn6)c5c4)c3)cn2)cc1Oc1ccc2c3ccccc3n(-c3cc(C)ccn3)c2c1. The van der Waals surface area contributed by atoms with Crippen LogP contribution in [0.5, 0.6) is 23.0 Å². The van der Waals surface area contributed by atoms with E-state index < -0.39 is 6.85 Å². The van der Waals surface area contributed by atoms with Crippen molar-refractivity contribution in [2.45, 2.75) is 27.6 Å². The molecular weight excluding hydrogens is 765 g/mol. The van der Waals surface area contributed by atoms with Crippen LogP contribution in [0, 0.1) is 27.6 Å². The number of aromatic nitrogens is 6. The summed E-state index contributed by atoms with van der Waals surface area (Å²) < 4.78 is 42.7. The van der Waals surface area contributed by atoms with Gasteiger partial charge in [-0.05, 0) is 129 Å². The number of para-hydroxylation sites is 2. The predicted molar refractivity (Wildman–Crippen MR) is 249 cm³/mol. The molecule has 0 atom stereocenters. The maximum absolute atomic E-state index is 8.44. The van der Waals surface area contributed by atoms with Gasteiger partial charge in [-0.2, -0.15) is 0 Å². The number of rotatable bonds is 8. The van der Waals surface area contributed by atoms with E-state index in [2.05, 4.69) is 64.6 Å². The average molecular weight is 808 g/mol. The summed E-state index contributed by atoms with van der Waals surface area (Å²) in [6.07, 6.45) is 7.06. The van der Waals surface area contributed by atoms with E-state index in [4.69, 9.17) is 33.5 Å². The smallest absolute Gasteiger partial charge is 0.137 e. The molecule has 0 saturated heterocycles. The van der Waals surface area contributed by atoms with Crippen molar-refractivity contribution in [1.29, 1.82) is 0 Å². The fourth-order valence-electron chi connectivity index (χ4n) is 8.45. The molecule has 0 aliphatic carbocycles. The predicted octanol–water partition coefficient (Wildman–Crippen LogP) is 13.6. The summed E-state index contributed by atoms with van der Waals surface area (Å²) in [5.74, 6) is 3.67. The number of nitrogens with zero attached hydrogens (tertiary/aromatic N) is 6. The van der Waals surface area contributed by atoms with Gasteiger partial charge in [0, 0.05) is 61.3 Å². The molecule has 0 fully saturated rings. The summed E-state index contributed by atoms with van der Waals surface area (Å²) >= 11 is 0. The maximum atomic E-state index is 8.44. The molecular formula is C54H40N6O2. The lowest BCUT2D eigenvalue weighted by molar-refractivity contribution is 0.479. The third-order valence-corrected chi connectivity index (χ3v) is 11.4. The Morgan fingerprint density at radius 1 is 0.452 bits per heavy atom. The monoisotopic (exact) mass is 807 g/mol. The molecule has 0 N–H and O–H groups in total. The lowest BCUT2D eigenvalue weighted by atomic mass is 10.0. The van der Waals surface area contributed by atoms with Crippen LogP contribution >= 0.6 is 0 Å². The average Bonchev–Trinajstić information content (AvgIpc) is 3.81. The molecule has 0 spiro atoms. The van der Waals surface area contributed by atoms with Crippen molar-refractivity contribution in [3.63, 3.8) is 0 Å². The minimum atomic E-state index is -2.44. The first kappa shape index (κ1) is 33.7. The molecule has 0 radical (unpaired) electrons. The molecule has 11 rings (SSSR count). The topological polar surface area (TPSA) is 79.9 Å². The number of benzene rings is 6. The van der Waals surface area contributed by atoms with Crippen LogP contribution in [0.4, 0.5) is 0 Å². The van der Waals surface area contributed by atoms with Crippen molar-refractivity contribution in [3.8, 4) is 57.1 Å². The van der Waals surface area contributed by atoms with Crippen LogP contribution in [0.15, 0.2) is 170 Å². The quantitative estimate of drug-likeness (QED) is 0.152. The molecule has 0 aliphatic heterocycles. The van der Waals surface area contributed by atoms with Gasteiger partial charge in [-0.3, -0.25) is 19.1 Å². The molecule has 8 heteroatoms. The van der Waals surface area contributed by atoms with Gasteiger partial charge in [0.1, 0.15) is 34.6 Å². The Labute approximate surface area is 362 Å². The van der Waals surface area contributed by atoms with Crippen LogP contribution in [0.2, 0.25) is 0 Å². The zero-order valence-electron chi connectivity index (χ0n) is 37.2. The molecule has 0 aliphatic rings. The Morgan fingerprint density at radius 2 is 1.02 bits per heavy atom. The summed E-state index contributed by atoms with van der Waals surface area (Å²) in [6.45, 7) is 3.55. The molecule has 62 heavy (non-hydrogen) atoms. The Balaban J connectivity index is 0.903. The first-order chi connectivity index (χ1) is 31.6. The summed E-state index contributed by atoms with van der Waals surface area (Å²) in [5.41, 5.74) is 9.78. The van der Waals surface area contributed by atoms with Gasteiger partial charge >= 0.3 is 0 Å². The second kappa shape index (κ2) is 14.9. The van der Waals surface area contributed by atoms with Crippen molar-refractivity contribution in [2.75, 3.05) is 0 Å². The van der Waals surface area contributed by atoms with Crippen LogP contribution in [0.3, 0.4) is 0 Å². The van der Waals surface area contributed by atoms with Gasteiger partial charge < -0.3 is 9.47 Å². The van der Waals surface area contributed by atoms with E-state index in [1.807, 2.05) is 105 Å². The minimum Gasteiger partial charge on any atom is -0.457 e. The lowest BCUT2D eigenvalue weighted by Crippen LogP contribution is -1.98. The first-order valence-corrected chi connectivity index (χ1v) is 20.4. The van der Waals surface area contributed by atoms with Crippen molar-refractivity contribution < 1.29 is 13.6 Å². The van der Waals surface area contributed by atoms with E-state index in [1.54, 1.807) is 30.7 Å². The number of hydrogen-bond acceptors (Lipinski definition) is 6. The van der Waals surface area contributed by atoms with Crippen LogP contribution in [0.1, 0.15) is 26.4 Å². The highest BCUT2D eigenvalue weighted by atomic mass is 16.5. The van der Waals surface area contributed by atoms with Crippen molar-refractivity contribution in [3.05, 3.63) is 193 Å². The van der Waals surface area contributed by atoms with Gasteiger partial charge in [-0.1, -0.05) is 54.6 Å². The highest BCUT2D eigenvalue weighted by molar-refractivity contribution is 6.10. The molecule has 0 unspecified atom stereocenters. The molecule has 298 valence electrons.